The van der Waals surface area contributed by atoms with Crippen molar-refractivity contribution in [1.29, 1.82) is 0 Å². The minimum Gasteiger partial charge on any atom is -0.444 e. The van der Waals surface area contributed by atoms with E-state index in [1.165, 1.54) is 4.88 Å². The zero-order valence-electron chi connectivity index (χ0n) is 15.0. The molecule has 7 nitrogen and oxygen atoms in total. The van der Waals surface area contributed by atoms with Gasteiger partial charge in [-0.25, -0.2) is 9.48 Å². The number of benzene rings is 1. The summed E-state index contributed by atoms with van der Waals surface area (Å²) in [5.41, 5.74) is 1.21. The fraction of sp³-hybridized carbons (Fsp3) is 0.333. The van der Waals surface area contributed by atoms with Crippen molar-refractivity contribution in [2.24, 2.45) is 0 Å². The molecule has 1 aromatic carbocycles. The summed E-state index contributed by atoms with van der Waals surface area (Å²) < 4.78 is 7.05. The maximum Gasteiger partial charge on any atom is 0.412 e. The van der Waals surface area contributed by atoms with Gasteiger partial charge in [0.2, 0.25) is 0 Å². The molecule has 0 saturated carbocycles. The molecular formula is C18H21N5O2S. The highest BCUT2D eigenvalue weighted by Crippen LogP contribution is 2.16. The lowest BCUT2D eigenvalue weighted by atomic mass is 10.1. The molecule has 3 aromatic rings. The number of hydrogen-bond donors (Lipinski definition) is 1. The number of carbonyl (C=O) groups is 1. The fourth-order valence-corrected chi connectivity index (χ4v) is 3.02. The van der Waals surface area contributed by atoms with Crippen molar-refractivity contribution in [2.75, 3.05) is 5.32 Å². The minimum absolute atomic E-state index is 0.467. The van der Waals surface area contributed by atoms with E-state index in [-0.39, 0.29) is 0 Å². The van der Waals surface area contributed by atoms with Crippen LogP contribution in [0.2, 0.25) is 0 Å². The third-order valence-electron chi connectivity index (χ3n) is 3.45. The number of amides is 1. The molecule has 0 radical (unpaired) electrons. The average molecular weight is 371 g/mol. The topological polar surface area (TPSA) is 81.9 Å². The zero-order valence-corrected chi connectivity index (χ0v) is 15.8. The van der Waals surface area contributed by atoms with Crippen molar-refractivity contribution in [2.45, 2.75) is 39.3 Å². The summed E-state index contributed by atoms with van der Waals surface area (Å²) >= 11 is 1.68. The van der Waals surface area contributed by atoms with E-state index in [4.69, 9.17) is 4.74 Å². The van der Waals surface area contributed by atoms with E-state index in [0.29, 0.717) is 18.7 Å². The number of tetrazole rings is 1. The summed E-state index contributed by atoms with van der Waals surface area (Å²) in [5.74, 6) is 0.797. The Morgan fingerprint density at radius 2 is 2.00 bits per heavy atom. The molecule has 0 aliphatic heterocycles. The Bertz CT molecular complexity index is 851. The maximum absolute atomic E-state index is 11.8. The van der Waals surface area contributed by atoms with Gasteiger partial charge in [0.1, 0.15) is 5.60 Å². The Hall–Kier alpha value is -2.74. The van der Waals surface area contributed by atoms with Gasteiger partial charge in [0, 0.05) is 17.0 Å². The van der Waals surface area contributed by atoms with Gasteiger partial charge >= 0.3 is 6.09 Å². The molecule has 1 N–H and O–H groups in total. The second-order valence-corrected chi connectivity index (χ2v) is 7.86. The van der Waals surface area contributed by atoms with E-state index in [1.807, 2.05) is 56.5 Å². The van der Waals surface area contributed by atoms with E-state index in [2.05, 4.69) is 26.9 Å². The van der Waals surface area contributed by atoms with Gasteiger partial charge in [-0.05, 0) is 60.3 Å². The quantitative estimate of drug-likeness (QED) is 0.739. The van der Waals surface area contributed by atoms with Gasteiger partial charge in [-0.1, -0.05) is 18.2 Å². The number of thiophene rings is 1. The van der Waals surface area contributed by atoms with Crippen LogP contribution < -0.4 is 5.32 Å². The van der Waals surface area contributed by atoms with Gasteiger partial charge in [0.25, 0.3) is 0 Å². The summed E-state index contributed by atoms with van der Waals surface area (Å²) in [7, 11) is 0. The highest BCUT2D eigenvalue weighted by molar-refractivity contribution is 7.09. The van der Waals surface area contributed by atoms with Gasteiger partial charge in [0.15, 0.2) is 5.82 Å². The first-order valence-corrected chi connectivity index (χ1v) is 9.13. The summed E-state index contributed by atoms with van der Waals surface area (Å²) in [5, 5.41) is 16.7. The molecule has 3 rings (SSSR count). The average Bonchev–Trinajstić information content (AvgIpc) is 3.20. The molecule has 0 atom stereocenters. The van der Waals surface area contributed by atoms with Gasteiger partial charge in [0.05, 0.1) is 6.54 Å². The molecule has 0 saturated heterocycles. The lowest BCUT2D eigenvalue weighted by Crippen LogP contribution is -2.27. The monoisotopic (exact) mass is 371 g/mol. The SMILES string of the molecule is CC(C)(C)OC(=O)Nc1ccc(Cc2nnnn2Cc2cccs2)cc1. The third kappa shape index (κ3) is 5.13. The van der Waals surface area contributed by atoms with Crippen LogP contribution in [0.5, 0.6) is 0 Å². The smallest absolute Gasteiger partial charge is 0.412 e. The molecule has 0 bridgehead atoms. The van der Waals surface area contributed by atoms with Crippen LogP contribution >= 0.6 is 11.3 Å². The molecule has 0 spiro atoms. The first-order valence-electron chi connectivity index (χ1n) is 8.25. The minimum atomic E-state index is -0.524. The normalized spacial score (nSPS) is 11.3. The van der Waals surface area contributed by atoms with E-state index in [0.717, 1.165) is 11.4 Å². The highest BCUT2D eigenvalue weighted by Gasteiger charge is 2.16. The molecule has 2 heterocycles. The number of rotatable bonds is 5. The molecule has 0 unspecified atom stereocenters. The predicted molar refractivity (Wildman–Crippen MR) is 100 cm³/mol. The predicted octanol–water partition coefficient (Wildman–Crippen LogP) is 3.72. The molecule has 136 valence electrons. The lowest BCUT2D eigenvalue weighted by Gasteiger charge is -2.19. The van der Waals surface area contributed by atoms with Crippen LogP contribution in [0, 0.1) is 0 Å². The van der Waals surface area contributed by atoms with E-state index in [9.17, 15) is 4.79 Å². The Morgan fingerprint density at radius 3 is 2.65 bits per heavy atom. The second-order valence-electron chi connectivity index (χ2n) is 6.83. The molecule has 26 heavy (non-hydrogen) atoms. The van der Waals surface area contributed by atoms with Crippen LogP contribution in [0.1, 0.15) is 37.0 Å². The molecule has 1 amide bonds. The highest BCUT2D eigenvalue weighted by atomic mass is 32.1. The van der Waals surface area contributed by atoms with Crippen molar-refractivity contribution >= 4 is 23.1 Å². The number of carbonyl (C=O) groups excluding carboxylic acids is 1. The number of aromatic nitrogens is 4. The van der Waals surface area contributed by atoms with Crippen molar-refractivity contribution in [3.8, 4) is 0 Å². The van der Waals surface area contributed by atoms with Gasteiger partial charge in [-0.3, -0.25) is 5.32 Å². The summed E-state index contributed by atoms with van der Waals surface area (Å²) in [6, 6.07) is 11.6. The lowest BCUT2D eigenvalue weighted by molar-refractivity contribution is 0.0636. The molecule has 2 aromatic heterocycles. The van der Waals surface area contributed by atoms with Crippen molar-refractivity contribution in [1.82, 2.24) is 20.2 Å². The second kappa shape index (κ2) is 7.65. The third-order valence-corrected chi connectivity index (χ3v) is 4.31. The number of nitrogens with one attached hydrogen (secondary N) is 1. The summed E-state index contributed by atoms with van der Waals surface area (Å²) in [4.78, 5) is 13.0. The van der Waals surface area contributed by atoms with Gasteiger partial charge in [-0.2, -0.15) is 0 Å². The Balaban J connectivity index is 1.61. The molecule has 8 heteroatoms. The van der Waals surface area contributed by atoms with Gasteiger partial charge < -0.3 is 4.74 Å². The molecule has 0 aliphatic rings. The van der Waals surface area contributed by atoms with Crippen molar-refractivity contribution in [3.63, 3.8) is 0 Å². The first kappa shape index (κ1) is 18.1. The molecule has 0 fully saturated rings. The van der Waals surface area contributed by atoms with Crippen molar-refractivity contribution < 1.29 is 9.53 Å². The summed E-state index contributed by atoms with van der Waals surface area (Å²) in [6.07, 6.45) is 0.149. The van der Waals surface area contributed by atoms with Crippen molar-refractivity contribution in [3.05, 3.63) is 58.0 Å². The maximum atomic E-state index is 11.8. The number of hydrogen-bond acceptors (Lipinski definition) is 6. The van der Waals surface area contributed by atoms with Crippen LogP contribution in [0.4, 0.5) is 10.5 Å². The zero-order chi connectivity index (χ0) is 18.6. The van der Waals surface area contributed by atoms with Crippen LogP contribution in [0.3, 0.4) is 0 Å². The standard InChI is InChI=1S/C18H21N5O2S/c1-18(2,3)25-17(24)19-14-8-6-13(7-9-14)11-16-20-21-22-23(16)12-15-5-4-10-26-15/h4-10H,11-12H2,1-3H3,(H,19,24). The largest absolute Gasteiger partial charge is 0.444 e. The van der Waals surface area contributed by atoms with Crippen LogP contribution in [0.25, 0.3) is 0 Å². The number of ether oxygens (including phenoxy) is 1. The molecular weight excluding hydrogens is 350 g/mol. The molecule has 0 aliphatic carbocycles. The van der Waals surface area contributed by atoms with Gasteiger partial charge in [-0.15, -0.1) is 16.4 Å². The van der Waals surface area contributed by atoms with Crippen LogP contribution in [0.15, 0.2) is 41.8 Å². The fourth-order valence-electron chi connectivity index (χ4n) is 2.33. The Morgan fingerprint density at radius 1 is 1.23 bits per heavy atom. The van der Waals surface area contributed by atoms with E-state index in [1.54, 1.807) is 16.0 Å². The van der Waals surface area contributed by atoms with Crippen LogP contribution in [-0.4, -0.2) is 31.9 Å². The number of anilines is 1. The van der Waals surface area contributed by atoms with E-state index >= 15 is 0 Å². The van der Waals surface area contributed by atoms with Crippen LogP contribution in [-0.2, 0) is 17.7 Å². The summed E-state index contributed by atoms with van der Waals surface area (Å²) in [6.45, 7) is 6.15. The Labute approximate surface area is 156 Å². The number of nitrogens with zero attached hydrogens (tertiary/aromatic N) is 4. The van der Waals surface area contributed by atoms with E-state index < -0.39 is 11.7 Å². The Kier molecular flexibility index (Phi) is 5.32. The first-order chi connectivity index (χ1) is 12.4.